The van der Waals surface area contributed by atoms with E-state index in [1.54, 1.807) is 0 Å². The summed E-state index contributed by atoms with van der Waals surface area (Å²) >= 11 is 0. The van der Waals surface area contributed by atoms with Crippen LogP contribution in [0.25, 0.3) is 0 Å². The monoisotopic (exact) mass is 211 g/mol. The number of hydrogen-bond acceptors (Lipinski definition) is 2. The minimum absolute atomic E-state index is 0.388. The van der Waals surface area contributed by atoms with Crippen LogP contribution in [0, 0.1) is 11.8 Å². The van der Waals surface area contributed by atoms with Gasteiger partial charge in [0.25, 0.3) is 0 Å². The quantitative estimate of drug-likeness (QED) is 0.684. The number of aliphatic hydroxyl groups is 1. The summed E-state index contributed by atoms with van der Waals surface area (Å²) in [6, 6.07) is 0. The second-order valence-electron chi connectivity index (χ2n) is 5.59. The zero-order valence-electron chi connectivity index (χ0n) is 9.97. The van der Waals surface area contributed by atoms with Crippen molar-refractivity contribution >= 4 is 0 Å². The van der Waals surface area contributed by atoms with Crippen LogP contribution in [0.4, 0.5) is 0 Å². The molecule has 2 unspecified atom stereocenters. The molecule has 2 aliphatic carbocycles. The molecule has 0 aromatic rings. The van der Waals surface area contributed by atoms with Crippen molar-refractivity contribution in [2.45, 2.75) is 57.5 Å². The van der Waals surface area contributed by atoms with Crippen LogP contribution in [-0.4, -0.2) is 23.8 Å². The van der Waals surface area contributed by atoms with Gasteiger partial charge in [-0.15, -0.1) is 0 Å². The largest absolute Gasteiger partial charge is 0.389 e. The van der Waals surface area contributed by atoms with E-state index >= 15 is 0 Å². The summed E-state index contributed by atoms with van der Waals surface area (Å²) in [7, 11) is 0. The van der Waals surface area contributed by atoms with Crippen LogP contribution in [0.2, 0.25) is 0 Å². The first kappa shape index (κ1) is 11.4. The van der Waals surface area contributed by atoms with E-state index in [1.165, 1.54) is 25.7 Å². The molecular weight excluding hydrogens is 186 g/mol. The van der Waals surface area contributed by atoms with Gasteiger partial charge in [0.1, 0.15) is 0 Å². The molecule has 2 rings (SSSR count). The minimum Gasteiger partial charge on any atom is -0.389 e. The third kappa shape index (κ3) is 3.18. The molecule has 0 aromatic heterocycles. The van der Waals surface area contributed by atoms with Crippen LogP contribution in [0.15, 0.2) is 0 Å². The Bertz CT molecular complexity index is 203. The number of rotatable bonds is 5. The van der Waals surface area contributed by atoms with Gasteiger partial charge in [0.2, 0.25) is 0 Å². The van der Waals surface area contributed by atoms with Gasteiger partial charge in [0, 0.05) is 6.54 Å². The van der Waals surface area contributed by atoms with E-state index in [0.717, 1.165) is 44.2 Å². The molecule has 0 aromatic carbocycles. The van der Waals surface area contributed by atoms with E-state index in [-0.39, 0.29) is 5.60 Å². The van der Waals surface area contributed by atoms with Gasteiger partial charge in [-0.05, 0) is 56.9 Å². The molecule has 2 nitrogen and oxygen atoms in total. The molecule has 2 fully saturated rings. The average Bonchev–Trinajstić information content (AvgIpc) is 3.01. The molecule has 15 heavy (non-hydrogen) atoms. The van der Waals surface area contributed by atoms with Gasteiger partial charge in [0.15, 0.2) is 0 Å². The molecule has 88 valence electrons. The molecule has 0 heterocycles. The topological polar surface area (TPSA) is 32.3 Å². The Morgan fingerprint density at radius 1 is 1.27 bits per heavy atom. The van der Waals surface area contributed by atoms with Crippen LogP contribution in [0.3, 0.4) is 0 Å². The van der Waals surface area contributed by atoms with Crippen LogP contribution in [0.1, 0.15) is 51.9 Å². The Kier molecular flexibility index (Phi) is 3.68. The van der Waals surface area contributed by atoms with Gasteiger partial charge in [0.05, 0.1) is 5.60 Å². The van der Waals surface area contributed by atoms with Crippen LogP contribution >= 0.6 is 0 Å². The highest BCUT2D eigenvalue weighted by Gasteiger charge is 2.40. The van der Waals surface area contributed by atoms with Gasteiger partial charge in [-0.1, -0.05) is 13.3 Å². The van der Waals surface area contributed by atoms with E-state index in [1.807, 2.05) is 0 Å². The summed E-state index contributed by atoms with van der Waals surface area (Å²) in [6.45, 7) is 4.02. The Labute approximate surface area is 93.5 Å². The van der Waals surface area contributed by atoms with E-state index in [2.05, 4.69) is 12.2 Å². The van der Waals surface area contributed by atoms with Crippen molar-refractivity contribution in [2.75, 3.05) is 13.1 Å². The molecule has 2 saturated carbocycles. The smallest absolute Gasteiger partial charge is 0.0774 e. The first-order chi connectivity index (χ1) is 7.23. The molecule has 2 heteroatoms. The summed E-state index contributed by atoms with van der Waals surface area (Å²) in [4.78, 5) is 0. The highest BCUT2D eigenvalue weighted by molar-refractivity contribution is 4.93. The summed E-state index contributed by atoms with van der Waals surface area (Å²) in [5, 5.41) is 13.9. The molecular formula is C13H25NO. The molecule has 0 aliphatic heterocycles. The van der Waals surface area contributed by atoms with Crippen LogP contribution in [-0.2, 0) is 0 Å². The van der Waals surface area contributed by atoms with Gasteiger partial charge < -0.3 is 10.4 Å². The van der Waals surface area contributed by atoms with Crippen molar-refractivity contribution in [3.05, 3.63) is 0 Å². The first-order valence-corrected chi connectivity index (χ1v) is 6.66. The second kappa shape index (κ2) is 4.84. The molecule has 2 atom stereocenters. The maximum absolute atomic E-state index is 10.5. The lowest BCUT2D eigenvalue weighted by atomic mass is 9.76. The summed E-state index contributed by atoms with van der Waals surface area (Å²) in [5.74, 6) is 1.79. The zero-order valence-corrected chi connectivity index (χ0v) is 9.97. The molecule has 0 radical (unpaired) electrons. The minimum atomic E-state index is -0.388. The van der Waals surface area contributed by atoms with Gasteiger partial charge in [-0.3, -0.25) is 0 Å². The summed E-state index contributed by atoms with van der Waals surface area (Å²) in [6.07, 6.45) is 8.64. The predicted octanol–water partition coefficient (Wildman–Crippen LogP) is 2.32. The van der Waals surface area contributed by atoms with Crippen molar-refractivity contribution in [3.8, 4) is 0 Å². The Hall–Kier alpha value is -0.0800. The van der Waals surface area contributed by atoms with Crippen molar-refractivity contribution in [1.82, 2.24) is 5.32 Å². The van der Waals surface area contributed by atoms with Crippen molar-refractivity contribution < 1.29 is 5.11 Å². The first-order valence-electron chi connectivity index (χ1n) is 6.66. The van der Waals surface area contributed by atoms with Gasteiger partial charge in [-0.2, -0.15) is 0 Å². The van der Waals surface area contributed by atoms with Crippen molar-refractivity contribution in [1.29, 1.82) is 0 Å². The van der Waals surface area contributed by atoms with Crippen molar-refractivity contribution in [3.63, 3.8) is 0 Å². The number of hydrogen-bond donors (Lipinski definition) is 2. The summed E-state index contributed by atoms with van der Waals surface area (Å²) in [5.41, 5.74) is -0.388. The Morgan fingerprint density at radius 3 is 2.73 bits per heavy atom. The fourth-order valence-corrected chi connectivity index (χ4v) is 3.01. The predicted molar refractivity (Wildman–Crippen MR) is 62.8 cm³/mol. The van der Waals surface area contributed by atoms with E-state index < -0.39 is 0 Å². The molecule has 2 aliphatic rings. The zero-order chi connectivity index (χ0) is 10.7. The van der Waals surface area contributed by atoms with E-state index in [4.69, 9.17) is 0 Å². The molecule has 0 saturated heterocycles. The van der Waals surface area contributed by atoms with Crippen LogP contribution < -0.4 is 5.32 Å². The number of nitrogens with one attached hydrogen (secondary N) is 1. The Morgan fingerprint density at radius 2 is 2.07 bits per heavy atom. The van der Waals surface area contributed by atoms with E-state index in [0.29, 0.717) is 0 Å². The molecule has 2 N–H and O–H groups in total. The maximum Gasteiger partial charge on any atom is 0.0774 e. The standard InChI is InChI=1S/C13H25NO/c1-2-8-14-10-13(15)7-3-4-12(9-13)11-5-6-11/h11-12,14-15H,2-10H2,1H3. The fraction of sp³-hybridized carbons (Fsp3) is 1.00. The SMILES string of the molecule is CCCNCC1(O)CCCC(C2CC2)C1. The normalized spacial score (nSPS) is 36.8. The third-order valence-corrected chi connectivity index (χ3v) is 4.03. The lowest BCUT2D eigenvalue weighted by molar-refractivity contribution is -0.0186. The van der Waals surface area contributed by atoms with Crippen LogP contribution in [0.5, 0.6) is 0 Å². The van der Waals surface area contributed by atoms with E-state index in [9.17, 15) is 5.11 Å². The van der Waals surface area contributed by atoms with Gasteiger partial charge in [-0.25, -0.2) is 0 Å². The Balaban J connectivity index is 1.78. The fourth-order valence-electron chi connectivity index (χ4n) is 3.01. The lowest BCUT2D eigenvalue weighted by Crippen LogP contribution is -2.44. The van der Waals surface area contributed by atoms with Gasteiger partial charge >= 0.3 is 0 Å². The lowest BCUT2D eigenvalue weighted by Gasteiger charge is -2.37. The molecule has 0 amide bonds. The third-order valence-electron chi connectivity index (χ3n) is 4.03. The summed E-state index contributed by atoms with van der Waals surface area (Å²) < 4.78 is 0. The highest BCUT2D eigenvalue weighted by atomic mass is 16.3. The second-order valence-corrected chi connectivity index (χ2v) is 5.59. The highest BCUT2D eigenvalue weighted by Crippen LogP contribution is 2.46. The molecule has 0 bridgehead atoms. The molecule has 0 spiro atoms. The maximum atomic E-state index is 10.5. The average molecular weight is 211 g/mol. The van der Waals surface area contributed by atoms with Crippen molar-refractivity contribution in [2.24, 2.45) is 11.8 Å².